The highest BCUT2D eigenvalue weighted by molar-refractivity contribution is 5.95. The first-order valence-corrected chi connectivity index (χ1v) is 9.78. The molecule has 2 aromatic heterocycles. The molecule has 0 N–H and O–H groups in total. The summed E-state index contributed by atoms with van der Waals surface area (Å²) >= 11 is 0. The van der Waals surface area contributed by atoms with Crippen LogP contribution in [-0.4, -0.2) is 57.0 Å². The second kappa shape index (κ2) is 8.06. The lowest BCUT2D eigenvalue weighted by molar-refractivity contribution is 0.0712. The van der Waals surface area contributed by atoms with Crippen molar-refractivity contribution >= 4 is 11.7 Å². The number of piperidine rings is 1. The summed E-state index contributed by atoms with van der Waals surface area (Å²) in [5, 5.41) is 12.9. The van der Waals surface area contributed by atoms with Crippen LogP contribution >= 0.6 is 0 Å². The number of aryl methyl sites for hydroxylation is 1. The highest BCUT2D eigenvalue weighted by atomic mass is 16.2. The molecule has 0 saturated carbocycles. The zero-order valence-corrected chi connectivity index (χ0v) is 17.0. The Morgan fingerprint density at radius 3 is 2.56 bits per heavy atom. The van der Waals surface area contributed by atoms with Gasteiger partial charge < -0.3 is 9.80 Å². The molecule has 1 saturated heterocycles. The Bertz CT molecular complexity index is 776. The summed E-state index contributed by atoms with van der Waals surface area (Å²) in [6.45, 7) is 9.69. The van der Waals surface area contributed by atoms with E-state index in [0.29, 0.717) is 12.1 Å². The van der Waals surface area contributed by atoms with E-state index in [4.69, 9.17) is 0 Å². The molecule has 146 valence electrons. The summed E-state index contributed by atoms with van der Waals surface area (Å²) in [7, 11) is 2.06. The van der Waals surface area contributed by atoms with Crippen molar-refractivity contribution < 1.29 is 4.79 Å². The molecular formula is C20H30N6O. The number of likely N-dealkylation sites (tertiary alicyclic amines) is 1. The number of nitrogens with zero attached hydrogens (tertiary/aromatic N) is 6. The van der Waals surface area contributed by atoms with Crippen molar-refractivity contribution in [2.75, 3.05) is 25.0 Å². The summed E-state index contributed by atoms with van der Waals surface area (Å²) in [6, 6.07) is 4.67. The minimum absolute atomic E-state index is 0.0956. The third-order valence-corrected chi connectivity index (χ3v) is 5.73. The zero-order valence-electron chi connectivity index (χ0n) is 17.0. The highest BCUT2D eigenvalue weighted by Gasteiger charge is 2.28. The molecule has 1 atom stereocenters. The smallest absolute Gasteiger partial charge is 0.257 e. The van der Waals surface area contributed by atoms with Gasteiger partial charge in [-0.2, -0.15) is 10.2 Å². The Labute approximate surface area is 161 Å². The number of anilines is 1. The van der Waals surface area contributed by atoms with Gasteiger partial charge in [0, 0.05) is 37.9 Å². The number of hydrogen-bond donors (Lipinski definition) is 0. The van der Waals surface area contributed by atoms with E-state index in [1.807, 2.05) is 35.6 Å². The average molecular weight is 371 g/mol. The quantitative estimate of drug-likeness (QED) is 0.809. The molecule has 1 unspecified atom stereocenters. The van der Waals surface area contributed by atoms with E-state index in [2.05, 4.69) is 41.1 Å². The van der Waals surface area contributed by atoms with Gasteiger partial charge in [-0.3, -0.25) is 9.48 Å². The Balaban J connectivity index is 1.63. The number of hydrogen-bond acceptors (Lipinski definition) is 5. The van der Waals surface area contributed by atoms with Crippen molar-refractivity contribution in [2.24, 2.45) is 0 Å². The minimum atomic E-state index is 0.0956. The van der Waals surface area contributed by atoms with Gasteiger partial charge in [0.05, 0.1) is 17.5 Å². The van der Waals surface area contributed by atoms with Crippen molar-refractivity contribution in [3.8, 4) is 0 Å². The SMILES string of the molecule is CCC(C)n1ncc(C(=O)N2CCC(N(C)c3ccc(C)nn3)CC2)c1C. The van der Waals surface area contributed by atoms with Gasteiger partial charge in [0.2, 0.25) is 0 Å². The largest absolute Gasteiger partial charge is 0.355 e. The van der Waals surface area contributed by atoms with E-state index in [9.17, 15) is 4.79 Å². The number of carbonyl (C=O) groups excluding carboxylic acids is 1. The summed E-state index contributed by atoms with van der Waals surface area (Å²) in [4.78, 5) is 17.1. The molecule has 0 aliphatic carbocycles. The lowest BCUT2D eigenvalue weighted by Gasteiger charge is -2.37. The van der Waals surface area contributed by atoms with E-state index < -0.39 is 0 Å². The molecule has 1 amide bonds. The van der Waals surface area contributed by atoms with Crippen molar-refractivity contribution in [2.45, 2.75) is 59.0 Å². The van der Waals surface area contributed by atoms with Gasteiger partial charge in [-0.05, 0) is 52.2 Å². The fourth-order valence-corrected chi connectivity index (χ4v) is 3.64. The fraction of sp³-hybridized carbons (Fsp3) is 0.600. The molecule has 7 nitrogen and oxygen atoms in total. The van der Waals surface area contributed by atoms with E-state index in [-0.39, 0.29) is 5.91 Å². The molecule has 1 aliphatic heterocycles. The lowest BCUT2D eigenvalue weighted by atomic mass is 10.0. The normalized spacial score (nSPS) is 16.4. The average Bonchev–Trinajstić information content (AvgIpc) is 3.08. The first kappa shape index (κ1) is 19.3. The van der Waals surface area contributed by atoms with Crippen LogP contribution in [0.4, 0.5) is 5.82 Å². The van der Waals surface area contributed by atoms with Gasteiger partial charge in [0.1, 0.15) is 0 Å². The topological polar surface area (TPSA) is 67.2 Å². The molecule has 0 bridgehead atoms. The first-order valence-electron chi connectivity index (χ1n) is 9.78. The Kier molecular flexibility index (Phi) is 5.77. The Morgan fingerprint density at radius 2 is 1.96 bits per heavy atom. The van der Waals surface area contributed by atoms with Crippen LogP contribution in [0.5, 0.6) is 0 Å². The van der Waals surface area contributed by atoms with Gasteiger partial charge >= 0.3 is 0 Å². The Morgan fingerprint density at radius 1 is 1.26 bits per heavy atom. The number of amides is 1. The predicted octanol–water partition coefficient (Wildman–Crippen LogP) is 3.00. The molecule has 1 aliphatic rings. The van der Waals surface area contributed by atoms with Crippen LogP contribution < -0.4 is 4.90 Å². The minimum Gasteiger partial charge on any atom is -0.355 e. The summed E-state index contributed by atoms with van der Waals surface area (Å²) < 4.78 is 1.96. The molecule has 27 heavy (non-hydrogen) atoms. The highest BCUT2D eigenvalue weighted by Crippen LogP contribution is 2.23. The maximum absolute atomic E-state index is 13.0. The van der Waals surface area contributed by atoms with Crippen molar-refractivity contribution in [1.82, 2.24) is 24.9 Å². The van der Waals surface area contributed by atoms with Crippen LogP contribution in [0.2, 0.25) is 0 Å². The zero-order chi connectivity index (χ0) is 19.6. The van der Waals surface area contributed by atoms with Crippen molar-refractivity contribution in [3.63, 3.8) is 0 Å². The molecule has 0 radical (unpaired) electrons. The molecule has 3 heterocycles. The second-order valence-corrected chi connectivity index (χ2v) is 7.51. The van der Waals surface area contributed by atoms with Gasteiger partial charge in [0.25, 0.3) is 5.91 Å². The predicted molar refractivity (Wildman–Crippen MR) is 106 cm³/mol. The Hall–Kier alpha value is -2.44. The van der Waals surface area contributed by atoms with Crippen LogP contribution in [0.25, 0.3) is 0 Å². The molecule has 3 rings (SSSR count). The van der Waals surface area contributed by atoms with Gasteiger partial charge in [-0.1, -0.05) is 6.92 Å². The molecular weight excluding hydrogens is 340 g/mol. The maximum Gasteiger partial charge on any atom is 0.257 e. The van der Waals surface area contributed by atoms with Gasteiger partial charge in [-0.25, -0.2) is 0 Å². The number of rotatable bonds is 5. The summed E-state index contributed by atoms with van der Waals surface area (Å²) in [6.07, 6.45) is 4.58. The summed E-state index contributed by atoms with van der Waals surface area (Å²) in [5.41, 5.74) is 2.61. The summed E-state index contributed by atoms with van der Waals surface area (Å²) in [5.74, 6) is 0.981. The van der Waals surface area contributed by atoms with Gasteiger partial charge in [0.15, 0.2) is 5.82 Å². The van der Waals surface area contributed by atoms with Crippen LogP contribution in [0.1, 0.15) is 60.9 Å². The van der Waals surface area contributed by atoms with E-state index >= 15 is 0 Å². The van der Waals surface area contributed by atoms with Crippen LogP contribution in [0.15, 0.2) is 18.3 Å². The third-order valence-electron chi connectivity index (χ3n) is 5.73. The molecule has 2 aromatic rings. The van der Waals surface area contributed by atoms with Crippen molar-refractivity contribution in [3.05, 3.63) is 35.3 Å². The number of aromatic nitrogens is 4. The third kappa shape index (κ3) is 3.96. The second-order valence-electron chi connectivity index (χ2n) is 7.51. The van der Waals surface area contributed by atoms with Crippen LogP contribution in [-0.2, 0) is 0 Å². The standard InChI is InChI=1S/C20H30N6O/c1-6-15(3)26-16(4)18(13-21-26)20(27)25-11-9-17(10-12-25)24(5)19-8-7-14(2)22-23-19/h7-8,13,15,17H,6,9-12H2,1-5H3. The molecule has 0 spiro atoms. The van der Waals surface area contributed by atoms with Crippen LogP contribution in [0, 0.1) is 13.8 Å². The maximum atomic E-state index is 13.0. The molecule has 1 fully saturated rings. The molecule has 0 aromatic carbocycles. The monoisotopic (exact) mass is 370 g/mol. The van der Waals surface area contributed by atoms with Crippen molar-refractivity contribution in [1.29, 1.82) is 0 Å². The van der Waals surface area contributed by atoms with Crippen LogP contribution in [0.3, 0.4) is 0 Å². The first-order chi connectivity index (χ1) is 12.9. The fourth-order valence-electron chi connectivity index (χ4n) is 3.64. The number of carbonyl (C=O) groups is 1. The lowest BCUT2D eigenvalue weighted by Crippen LogP contribution is -2.46. The van der Waals surface area contributed by atoms with E-state index in [1.54, 1.807) is 6.20 Å². The van der Waals surface area contributed by atoms with Gasteiger partial charge in [-0.15, -0.1) is 5.10 Å². The van der Waals surface area contributed by atoms with E-state index in [0.717, 1.165) is 55.1 Å². The van der Waals surface area contributed by atoms with E-state index in [1.165, 1.54) is 0 Å². The molecule has 7 heteroatoms.